The molecule has 1 aromatic rings. The topological polar surface area (TPSA) is 55.5 Å². The van der Waals surface area contributed by atoms with Gasteiger partial charge in [-0.15, -0.1) is 0 Å². The molecule has 1 aliphatic carbocycles. The van der Waals surface area contributed by atoms with Crippen molar-refractivity contribution in [3.8, 4) is 5.75 Å². The molecule has 0 spiro atoms. The molecule has 2 unspecified atom stereocenters. The molecule has 1 saturated carbocycles. The van der Waals surface area contributed by atoms with E-state index in [-0.39, 0.29) is 5.92 Å². The van der Waals surface area contributed by atoms with E-state index in [1.54, 1.807) is 0 Å². The van der Waals surface area contributed by atoms with Crippen LogP contribution in [0, 0.1) is 5.92 Å². The van der Waals surface area contributed by atoms with Gasteiger partial charge in [0, 0.05) is 6.54 Å². The number of aliphatic hydroxyl groups is 1. The Labute approximate surface area is 115 Å². The van der Waals surface area contributed by atoms with E-state index in [2.05, 4.69) is 19.1 Å². The molecule has 0 radical (unpaired) electrons. The summed E-state index contributed by atoms with van der Waals surface area (Å²) in [5.41, 5.74) is 6.35. The van der Waals surface area contributed by atoms with Gasteiger partial charge in [0.15, 0.2) is 0 Å². The van der Waals surface area contributed by atoms with E-state index < -0.39 is 5.60 Å². The molecule has 0 aromatic heterocycles. The molecule has 1 fully saturated rings. The summed E-state index contributed by atoms with van der Waals surface area (Å²) < 4.78 is 5.75. The van der Waals surface area contributed by atoms with Crippen molar-refractivity contribution in [3.05, 3.63) is 29.8 Å². The van der Waals surface area contributed by atoms with Gasteiger partial charge in [0.2, 0.25) is 0 Å². The molecule has 0 heterocycles. The lowest BCUT2D eigenvalue weighted by atomic mass is 9.88. The fourth-order valence-corrected chi connectivity index (χ4v) is 2.95. The van der Waals surface area contributed by atoms with Gasteiger partial charge in [-0.05, 0) is 49.3 Å². The van der Waals surface area contributed by atoms with Crippen molar-refractivity contribution in [2.24, 2.45) is 11.7 Å². The zero-order valence-corrected chi connectivity index (χ0v) is 11.8. The molecule has 1 aliphatic rings. The van der Waals surface area contributed by atoms with Crippen LogP contribution >= 0.6 is 0 Å². The van der Waals surface area contributed by atoms with Crippen LogP contribution in [0.3, 0.4) is 0 Å². The van der Waals surface area contributed by atoms with E-state index >= 15 is 0 Å². The van der Waals surface area contributed by atoms with Crippen molar-refractivity contribution in [1.29, 1.82) is 0 Å². The molecule has 0 bridgehead atoms. The maximum Gasteiger partial charge on any atom is 0.119 e. The zero-order valence-electron chi connectivity index (χ0n) is 11.8. The fraction of sp³-hybridized carbons (Fsp3) is 0.625. The van der Waals surface area contributed by atoms with Gasteiger partial charge in [0.25, 0.3) is 0 Å². The van der Waals surface area contributed by atoms with Crippen molar-refractivity contribution in [3.63, 3.8) is 0 Å². The Bertz CT molecular complexity index is 390. The molecule has 2 rings (SSSR count). The van der Waals surface area contributed by atoms with Crippen LogP contribution in [0.15, 0.2) is 24.3 Å². The normalized spacial score (nSPS) is 26.6. The summed E-state index contributed by atoms with van der Waals surface area (Å²) in [6, 6.07) is 8.23. The second kappa shape index (κ2) is 6.40. The molecule has 1 aromatic carbocycles. The van der Waals surface area contributed by atoms with Crippen molar-refractivity contribution in [2.45, 2.75) is 44.6 Å². The maximum absolute atomic E-state index is 10.3. The highest BCUT2D eigenvalue weighted by Crippen LogP contribution is 2.37. The molecule has 2 atom stereocenters. The SMILES string of the molecule is CCc1ccc(OCCC2CCCC2(O)CN)cc1. The Hall–Kier alpha value is -1.06. The number of benzene rings is 1. The van der Waals surface area contributed by atoms with Crippen molar-refractivity contribution >= 4 is 0 Å². The average Bonchev–Trinajstić information content (AvgIpc) is 2.82. The first kappa shape index (κ1) is 14.4. The standard InChI is InChI=1S/C16H25NO2/c1-2-13-5-7-15(8-6-13)19-11-9-14-4-3-10-16(14,18)12-17/h5-8,14,18H,2-4,9-12,17H2,1H3. The summed E-state index contributed by atoms with van der Waals surface area (Å²) in [6.45, 7) is 3.16. The zero-order chi connectivity index (χ0) is 13.7. The third-order valence-electron chi connectivity index (χ3n) is 4.34. The van der Waals surface area contributed by atoms with Crippen LogP contribution in [0.25, 0.3) is 0 Å². The minimum absolute atomic E-state index is 0.285. The lowest BCUT2D eigenvalue weighted by molar-refractivity contribution is 0.00355. The number of nitrogens with two attached hydrogens (primary N) is 1. The van der Waals surface area contributed by atoms with Crippen LogP contribution in [0.2, 0.25) is 0 Å². The number of hydrogen-bond donors (Lipinski definition) is 2. The van der Waals surface area contributed by atoms with Crippen LogP contribution < -0.4 is 10.5 Å². The highest BCUT2D eigenvalue weighted by Gasteiger charge is 2.39. The Morgan fingerprint density at radius 3 is 2.74 bits per heavy atom. The average molecular weight is 263 g/mol. The Morgan fingerprint density at radius 1 is 1.37 bits per heavy atom. The predicted molar refractivity (Wildman–Crippen MR) is 77.3 cm³/mol. The number of aryl methyl sites for hydroxylation is 1. The van der Waals surface area contributed by atoms with Crippen LogP contribution in [-0.4, -0.2) is 23.9 Å². The van der Waals surface area contributed by atoms with Crippen LogP contribution in [0.4, 0.5) is 0 Å². The number of ether oxygens (including phenoxy) is 1. The molecule has 0 saturated heterocycles. The third-order valence-corrected chi connectivity index (χ3v) is 4.34. The van der Waals surface area contributed by atoms with Gasteiger partial charge in [-0.25, -0.2) is 0 Å². The quantitative estimate of drug-likeness (QED) is 0.829. The lowest BCUT2D eigenvalue weighted by Crippen LogP contribution is -2.41. The van der Waals surface area contributed by atoms with E-state index in [4.69, 9.17) is 10.5 Å². The Kier molecular flexibility index (Phi) is 4.83. The van der Waals surface area contributed by atoms with Crippen LogP contribution in [0.5, 0.6) is 5.75 Å². The van der Waals surface area contributed by atoms with Gasteiger partial charge in [0.1, 0.15) is 5.75 Å². The molecule has 3 heteroatoms. The summed E-state index contributed by atoms with van der Waals surface area (Å²) in [4.78, 5) is 0. The van der Waals surface area contributed by atoms with Gasteiger partial charge >= 0.3 is 0 Å². The summed E-state index contributed by atoms with van der Waals surface area (Å²) in [6.07, 6.45) is 4.89. The van der Waals surface area contributed by atoms with Gasteiger partial charge in [-0.2, -0.15) is 0 Å². The van der Waals surface area contributed by atoms with Crippen LogP contribution in [0.1, 0.15) is 38.2 Å². The fourth-order valence-electron chi connectivity index (χ4n) is 2.95. The molecule has 19 heavy (non-hydrogen) atoms. The van der Waals surface area contributed by atoms with Gasteiger partial charge < -0.3 is 15.6 Å². The Morgan fingerprint density at radius 2 is 2.11 bits per heavy atom. The van der Waals surface area contributed by atoms with Crippen molar-refractivity contribution < 1.29 is 9.84 Å². The molecule has 106 valence electrons. The number of rotatable bonds is 6. The van der Waals surface area contributed by atoms with E-state index in [1.165, 1.54) is 5.56 Å². The van der Waals surface area contributed by atoms with Crippen molar-refractivity contribution in [2.75, 3.05) is 13.2 Å². The van der Waals surface area contributed by atoms with Gasteiger partial charge in [-0.3, -0.25) is 0 Å². The first-order chi connectivity index (χ1) is 9.18. The maximum atomic E-state index is 10.3. The molecule has 0 aliphatic heterocycles. The van der Waals surface area contributed by atoms with E-state index in [0.717, 1.165) is 37.9 Å². The Balaban J connectivity index is 1.79. The molecular weight excluding hydrogens is 238 g/mol. The van der Waals surface area contributed by atoms with E-state index in [9.17, 15) is 5.11 Å². The number of hydrogen-bond acceptors (Lipinski definition) is 3. The molecule has 0 amide bonds. The van der Waals surface area contributed by atoms with Crippen molar-refractivity contribution in [1.82, 2.24) is 0 Å². The van der Waals surface area contributed by atoms with E-state index in [1.807, 2.05) is 12.1 Å². The summed E-state index contributed by atoms with van der Waals surface area (Å²) in [5, 5.41) is 10.3. The second-order valence-electron chi connectivity index (χ2n) is 5.53. The minimum atomic E-state index is -0.657. The smallest absolute Gasteiger partial charge is 0.119 e. The van der Waals surface area contributed by atoms with Crippen LogP contribution in [-0.2, 0) is 6.42 Å². The molecule has 3 nitrogen and oxygen atoms in total. The molecular formula is C16H25NO2. The van der Waals surface area contributed by atoms with E-state index in [0.29, 0.717) is 13.2 Å². The molecule has 3 N–H and O–H groups in total. The predicted octanol–water partition coefficient (Wildman–Crippen LogP) is 2.51. The lowest BCUT2D eigenvalue weighted by Gasteiger charge is -2.28. The first-order valence-electron chi connectivity index (χ1n) is 7.32. The largest absolute Gasteiger partial charge is 0.494 e. The van der Waals surface area contributed by atoms with Gasteiger partial charge in [0.05, 0.1) is 12.2 Å². The third kappa shape index (κ3) is 3.48. The van der Waals surface area contributed by atoms with Gasteiger partial charge in [-0.1, -0.05) is 25.5 Å². The second-order valence-corrected chi connectivity index (χ2v) is 5.53. The summed E-state index contributed by atoms with van der Waals surface area (Å²) in [5.74, 6) is 1.19. The first-order valence-corrected chi connectivity index (χ1v) is 7.32. The minimum Gasteiger partial charge on any atom is -0.494 e. The summed E-state index contributed by atoms with van der Waals surface area (Å²) in [7, 11) is 0. The monoisotopic (exact) mass is 263 g/mol. The summed E-state index contributed by atoms with van der Waals surface area (Å²) >= 11 is 0. The highest BCUT2D eigenvalue weighted by atomic mass is 16.5. The highest BCUT2D eigenvalue weighted by molar-refractivity contribution is 5.27.